The number of nitrogen functional groups attached to an aromatic ring is 1. The van der Waals surface area contributed by atoms with Gasteiger partial charge in [-0.05, 0) is 13.8 Å². The van der Waals surface area contributed by atoms with E-state index < -0.39 is 6.43 Å². The van der Waals surface area contributed by atoms with E-state index in [1.807, 2.05) is 0 Å². The summed E-state index contributed by atoms with van der Waals surface area (Å²) in [6.07, 6.45) is -2.40. The largest absolute Gasteiger partial charge is 0.383 e. The van der Waals surface area contributed by atoms with Gasteiger partial charge in [-0.1, -0.05) is 0 Å². The van der Waals surface area contributed by atoms with Gasteiger partial charge < -0.3 is 10.6 Å². The maximum Gasteiger partial charge on any atom is 0.255 e. The van der Waals surface area contributed by atoms with E-state index >= 15 is 0 Å². The van der Waals surface area contributed by atoms with Crippen molar-refractivity contribution in [2.45, 2.75) is 20.3 Å². The van der Waals surface area contributed by atoms with Gasteiger partial charge in [-0.2, -0.15) is 0 Å². The van der Waals surface area contributed by atoms with Crippen LogP contribution in [-0.2, 0) is 0 Å². The Balaban J connectivity index is 3.02. The van der Waals surface area contributed by atoms with E-state index in [0.717, 1.165) is 0 Å². The van der Waals surface area contributed by atoms with Gasteiger partial charge >= 0.3 is 0 Å². The highest BCUT2D eigenvalue weighted by molar-refractivity contribution is 5.55. The third kappa shape index (κ3) is 2.74. The summed E-state index contributed by atoms with van der Waals surface area (Å²) >= 11 is 0. The molecule has 2 N–H and O–H groups in total. The molecule has 84 valence electrons. The Hall–Kier alpha value is -1.46. The summed E-state index contributed by atoms with van der Waals surface area (Å²) in [4.78, 5) is 9.42. The van der Waals surface area contributed by atoms with Crippen LogP contribution in [0, 0.1) is 13.8 Å². The predicted octanol–water partition coefficient (Wildman–Crippen LogP) is 1.38. The van der Waals surface area contributed by atoms with Crippen LogP contribution in [0.25, 0.3) is 0 Å². The lowest BCUT2D eigenvalue weighted by Gasteiger charge is -2.20. The third-order valence-electron chi connectivity index (χ3n) is 2.04. The summed E-state index contributed by atoms with van der Waals surface area (Å²) in [5.41, 5.74) is 6.25. The first-order valence-corrected chi connectivity index (χ1v) is 4.51. The van der Waals surface area contributed by atoms with E-state index in [9.17, 15) is 8.78 Å². The molecular formula is C9H14F2N4. The molecule has 0 aliphatic carbocycles. The zero-order chi connectivity index (χ0) is 11.6. The topological polar surface area (TPSA) is 55.0 Å². The number of hydrogen-bond acceptors (Lipinski definition) is 4. The number of halogens is 2. The van der Waals surface area contributed by atoms with Crippen LogP contribution in [0.2, 0.25) is 0 Å². The molecule has 0 saturated carbocycles. The van der Waals surface area contributed by atoms with Crippen molar-refractivity contribution in [3.05, 3.63) is 11.4 Å². The molecule has 0 aliphatic rings. The van der Waals surface area contributed by atoms with Gasteiger partial charge in [0.25, 0.3) is 6.43 Å². The number of aromatic nitrogens is 2. The minimum absolute atomic E-state index is 0.332. The molecule has 0 aromatic carbocycles. The van der Waals surface area contributed by atoms with Crippen LogP contribution < -0.4 is 10.6 Å². The summed E-state index contributed by atoms with van der Waals surface area (Å²) in [7, 11) is 1.56. The fourth-order valence-electron chi connectivity index (χ4n) is 1.30. The highest BCUT2D eigenvalue weighted by Crippen LogP contribution is 2.20. The van der Waals surface area contributed by atoms with Crippen LogP contribution in [0.3, 0.4) is 0 Å². The predicted molar refractivity (Wildman–Crippen MR) is 55.2 cm³/mol. The number of alkyl halides is 2. The van der Waals surface area contributed by atoms with Gasteiger partial charge in [0.2, 0.25) is 0 Å². The lowest BCUT2D eigenvalue weighted by atomic mass is 10.3. The molecule has 1 aromatic rings. The molecule has 0 unspecified atom stereocenters. The number of anilines is 2. The minimum Gasteiger partial charge on any atom is -0.383 e. The van der Waals surface area contributed by atoms with Gasteiger partial charge in [0.15, 0.2) is 0 Å². The molecule has 0 atom stereocenters. The Morgan fingerprint density at radius 3 is 2.47 bits per heavy atom. The number of aryl methyl sites for hydroxylation is 1. The van der Waals surface area contributed by atoms with Crippen LogP contribution in [0.15, 0.2) is 0 Å². The normalized spacial score (nSPS) is 10.8. The van der Waals surface area contributed by atoms with Gasteiger partial charge in [-0.25, -0.2) is 18.7 Å². The van der Waals surface area contributed by atoms with Crippen molar-refractivity contribution in [3.63, 3.8) is 0 Å². The molecule has 4 nitrogen and oxygen atoms in total. The first kappa shape index (κ1) is 11.6. The SMILES string of the molecule is Cc1nc(N)c(C)c(N(C)CC(F)F)n1. The monoisotopic (exact) mass is 216 g/mol. The number of rotatable bonds is 3. The maximum atomic E-state index is 12.2. The van der Waals surface area contributed by atoms with Crippen LogP contribution in [0.1, 0.15) is 11.4 Å². The Morgan fingerprint density at radius 1 is 1.33 bits per heavy atom. The van der Waals surface area contributed by atoms with E-state index in [4.69, 9.17) is 5.73 Å². The highest BCUT2D eigenvalue weighted by atomic mass is 19.3. The first-order chi connectivity index (χ1) is 6.91. The molecule has 0 fully saturated rings. The van der Waals surface area contributed by atoms with Crippen LogP contribution in [-0.4, -0.2) is 30.0 Å². The summed E-state index contributed by atoms with van der Waals surface area (Å²) in [5.74, 6) is 1.27. The number of nitrogens with zero attached hydrogens (tertiary/aromatic N) is 3. The van der Waals surface area contributed by atoms with E-state index in [0.29, 0.717) is 23.0 Å². The first-order valence-electron chi connectivity index (χ1n) is 4.51. The van der Waals surface area contributed by atoms with Crippen molar-refractivity contribution in [1.82, 2.24) is 9.97 Å². The summed E-state index contributed by atoms with van der Waals surface area (Å²) in [6.45, 7) is 3.03. The Kier molecular flexibility index (Phi) is 3.39. The van der Waals surface area contributed by atoms with Gasteiger partial charge in [-0.15, -0.1) is 0 Å². The van der Waals surface area contributed by atoms with Crippen molar-refractivity contribution in [2.24, 2.45) is 0 Å². The van der Waals surface area contributed by atoms with E-state index in [-0.39, 0.29) is 6.54 Å². The quantitative estimate of drug-likeness (QED) is 0.829. The second-order valence-electron chi connectivity index (χ2n) is 3.38. The lowest BCUT2D eigenvalue weighted by Crippen LogP contribution is -2.26. The second kappa shape index (κ2) is 4.37. The average molecular weight is 216 g/mol. The molecule has 0 amide bonds. The molecular weight excluding hydrogens is 202 g/mol. The molecule has 0 spiro atoms. The van der Waals surface area contributed by atoms with Crippen molar-refractivity contribution in [2.75, 3.05) is 24.2 Å². The molecule has 15 heavy (non-hydrogen) atoms. The van der Waals surface area contributed by atoms with Crippen molar-refractivity contribution >= 4 is 11.6 Å². The summed E-state index contributed by atoms with van der Waals surface area (Å²) < 4.78 is 24.4. The van der Waals surface area contributed by atoms with Gasteiger partial charge in [0.05, 0.1) is 6.54 Å². The third-order valence-corrected chi connectivity index (χ3v) is 2.04. The highest BCUT2D eigenvalue weighted by Gasteiger charge is 2.14. The van der Waals surface area contributed by atoms with E-state index in [2.05, 4.69) is 9.97 Å². The second-order valence-corrected chi connectivity index (χ2v) is 3.38. The summed E-state index contributed by atoms with van der Waals surface area (Å²) in [5, 5.41) is 0. The average Bonchev–Trinajstić information content (AvgIpc) is 2.09. The van der Waals surface area contributed by atoms with E-state index in [1.54, 1.807) is 20.9 Å². The van der Waals surface area contributed by atoms with Gasteiger partial charge in [0, 0.05) is 12.6 Å². The Morgan fingerprint density at radius 2 is 1.93 bits per heavy atom. The maximum absolute atomic E-state index is 12.2. The van der Waals surface area contributed by atoms with Crippen molar-refractivity contribution in [3.8, 4) is 0 Å². The standard InChI is InChI=1S/C9H14F2N4/c1-5-8(12)13-6(2)14-9(5)15(3)4-7(10)11/h7H,4H2,1-3H3,(H2,12,13,14). The number of hydrogen-bond donors (Lipinski definition) is 1. The summed E-state index contributed by atoms with van der Waals surface area (Å²) in [6, 6.07) is 0. The van der Waals surface area contributed by atoms with E-state index in [1.165, 1.54) is 4.90 Å². The van der Waals surface area contributed by atoms with Crippen molar-refractivity contribution < 1.29 is 8.78 Å². The van der Waals surface area contributed by atoms with Crippen LogP contribution >= 0.6 is 0 Å². The molecule has 6 heteroatoms. The van der Waals surface area contributed by atoms with Gasteiger partial charge in [-0.3, -0.25) is 0 Å². The zero-order valence-electron chi connectivity index (χ0n) is 8.96. The molecule has 1 heterocycles. The van der Waals surface area contributed by atoms with Gasteiger partial charge in [0.1, 0.15) is 17.5 Å². The minimum atomic E-state index is -2.40. The molecule has 1 rings (SSSR count). The molecule has 0 saturated heterocycles. The molecule has 1 aromatic heterocycles. The van der Waals surface area contributed by atoms with Crippen molar-refractivity contribution in [1.29, 1.82) is 0 Å². The number of nitrogens with two attached hydrogens (primary N) is 1. The Labute approximate surface area is 87.1 Å². The fourth-order valence-corrected chi connectivity index (χ4v) is 1.30. The van der Waals surface area contributed by atoms with Crippen LogP contribution in [0.5, 0.6) is 0 Å². The van der Waals surface area contributed by atoms with Crippen LogP contribution in [0.4, 0.5) is 20.4 Å². The zero-order valence-corrected chi connectivity index (χ0v) is 8.96. The molecule has 0 radical (unpaired) electrons. The Bertz CT molecular complexity index is 354. The molecule has 0 aliphatic heterocycles. The fraction of sp³-hybridized carbons (Fsp3) is 0.556. The smallest absolute Gasteiger partial charge is 0.255 e. The molecule has 0 bridgehead atoms. The lowest BCUT2D eigenvalue weighted by molar-refractivity contribution is 0.156.